The molecule has 15 heavy (non-hydrogen) atoms. The molecule has 76 valence electrons. The summed E-state index contributed by atoms with van der Waals surface area (Å²) in [5.74, 6) is 0.987. The minimum atomic E-state index is 0.413. The summed E-state index contributed by atoms with van der Waals surface area (Å²) in [5.41, 5.74) is 0. The first kappa shape index (κ1) is 10.2. The van der Waals surface area contributed by atoms with Gasteiger partial charge >= 0.3 is 0 Å². The molecule has 0 spiro atoms. The van der Waals surface area contributed by atoms with Crippen molar-refractivity contribution in [3.8, 4) is 11.6 Å². The lowest BCUT2D eigenvalue weighted by Gasteiger charge is -2.04. The lowest BCUT2D eigenvalue weighted by atomic mass is 10.3. The molecule has 1 aromatic heterocycles. The van der Waals surface area contributed by atoms with Crippen LogP contribution in [-0.4, -0.2) is 10.2 Å². The van der Waals surface area contributed by atoms with E-state index in [2.05, 4.69) is 10.2 Å². The molecule has 2 rings (SSSR count). The lowest BCUT2D eigenvalue weighted by Crippen LogP contribution is -1.88. The number of ether oxygens (including phenoxy) is 1. The van der Waals surface area contributed by atoms with Crippen LogP contribution >= 0.6 is 23.2 Å². The van der Waals surface area contributed by atoms with Crippen LogP contribution in [-0.2, 0) is 0 Å². The molecule has 0 bridgehead atoms. The van der Waals surface area contributed by atoms with Gasteiger partial charge in [0.15, 0.2) is 0 Å². The third-order valence-electron chi connectivity index (χ3n) is 1.66. The van der Waals surface area contributed by atoms with Crippen molar-refractivity contribution in [2.45, 2.75) is 0 Å². The highest BCUT2D eigenvalue weighted by Gasteiger charge is 2.02. The van der Waals surface area contributed by atoms with E-state index in [1.165, 1.54) is 0 Å². The largest absolute Gasteiger partial charge is 0.437 e. The van der Waals surface area contributed by atoms with E-state index in [1.54, 1.807) is 36.5 Å². The fourth-order valence-corrected chi connectivity index (χ4v) is 1.29. The molecule has 0 atom stereocenters. The molecular weight excluding hydrogens is 235 g/mol. The fraction of sp³-hybridized carbons (Fsp3) is 0. The molecule has 1 heterocycles. The van der Waals surface area contributed by atoms with Gasteiger partial charge in [-0.25, -0.2) is 0 Å². The summed E-state index contributed by atoms with van der Waals surface area (Å²) in [6.45, 7) is 0. The molecule has 0 N–H and O–H groups in total. The van der Waals surface area contributed by atoms with E-state index in [1.807, 2.05) is 0 Å². The summed E-state index contributed by atoms with van der Waals surface area (Å²) < 4.78 is 5.40. The molecule has 0 radical (unpaired) electrons. The van der Waals surface area contributed by atoms with E-state index in [0.29, 0.717) is 21.7 Å². The van der Waals surface area contributed by atoms with Crippen molar-refractivity contribution in [2.24, 2.45) is 0 Å². The van der Waals surface area contributed by atoms with Crippen molar-refractivity contribution >= 4 is 23.2 Å². The molecule has 0 saturated carbocycles. The monoisotopic (exact) mass is 240 g/mol. The number of benzene rings is 1. The second-order valence-electron chi connectivity index (χ2n) is 2.74. The summed E-state index contributed by atoms with van der Waals surface area (Å²) >= 11 is 11.6. The Morgan fingerprint density at radius 3 is 2.60 bits per heavy atom. The molecular formula is C10H6Cl2N2O. The highest BCUT2D eigenvalue weighted by atomic mass is 35.5. The summed E-state index contributed by atoms with van der Waals surface area (Å²) in [6, 6.07) is 8.44. The lowest BCUT2D eigenvalue weighted by molar-refractivity contribution is 0.455. The molecule has 5 heteroatoms. The van der Waals surface area contributed by atoms with Gasteiger partial charge in [0.25, 0.3) is 0 Å². The van der Waals surface area contributed by atoms with Gasteiger partial charge in [0.05, 0.1) is 10.0 Å². The number of halogens is 2. The second-order valence-corrected chi connectivity index (χ2v) is 3.55. The maximum absolute atomic E-state index is 5.83. The van der Waals surface area contributed by atoms with Crippen molar-refractivity contribution in [1.82, 2.24) is 10.2 Å². The highest BCUT2D eigenvalue weighted by Crippen LogP contribution is 2.28. The predicted molar refractivity (Wildman–Crippen MR) is 58.6 cm³/mol. The first-order valence-corrected chi connectivity index (χ1v) is 4.92. The van der Waals surface area contributed by atoms with Crippen LogP contribution in [0.25, 0.3) is 0 Å². The van der Waals surface area contributed by atoms with E-state index >= 15 is 0 Å². The Hall–Kier alpha value is -1.32. The molecule has 0 aliphatic carbocycles. The third-order valence-corrected chi connectivity index (χ3v) is 2.40. The van der Waals surface area contributed by atoms with E-state index in [0.717, 1.165) is 0 Å². The van der Waals surface area contributed by atoms with Gasteiger partial charge in [0, 0.05) is 18.3 Å². The van der Waals surface area contributed by atoms with E-state index in [-0.39, 0.29) is 0 Å². The summed E-state index contributed by atoms with van der Waals surface area (Å²) in [7, 11) is 0. The van der Waals surface area contributed by atoms with Gasteiger partial charge in [-0.05, 0) is 18.2 Å². The first-order chi connectivity index (χ1) is 7.25. The van der Waals surface area contributed by atoms with E-state index < -0.39 is 0 Å². The summed E-state index contributed by atoms with van der Waals surface area (Å²) in [4.78, 5) is 0. The van der Waals surface area contributed by atoms with Crippen LogP contribution in [0.2, 0.25) is 10.0 Å². The minimum Gasteiger partial charge on any atom is -0.437 e. The average molecular weight is 241 g/mol. The van der Waals surface area contributed by atoms with Crippen molar-refractivity contribution in [1.29, 1.82) is 0 Å². The molecule has 0 unspecified atom stereocenters. The SMILES string of the molecule is Clc1ccc(Oc2cccnn2)cc1Cl. The Kier molecular flexibility index (Phi) is 3.04. The van der Waals surface area contributed by atoms with Gasteiger partial charge in [0.2, 0.25) is 5.88 Å². The fourth-order valence-electron chi connectivity index (χ4n) is 1.00. The van der Waals surface area contributed by atoms with Crippen molar-refractivity contribution < 1.29 is 4.74 Å². The van der Waals surface area contributed by atoms with Crippen LogP contribution in [0.4, 0.5) is 0 Å². The number of nitrogens with zero attached hydrogens (tertiary/aromatic N) is 2. The Balaban J connectivity index is 2.22. The van der Waals surface area contributed by atoms with Crippen LogP contribution in [0.15, 0.2) is 36.5 Å². The third kappa shape index (κ3) is 2.58. The molecule has 3 nitrogen and oxygen atoms in total. The number of hydrogen-bond donors (Lipinski definition) is 0. The molecule has 1 aromatic carbocycles. The Labute approximate surface area is 96.6 Å². The van der Waals surface area contributed by atoms with Gasteiger partial charge in [-0.3, -0.25) is 0 Å². The zero-order valence-electron chi connectivity index (χ0n) is 7.52. The smallest absolute Gasteiger partial charge is 0.238 e. The maximum Gasteiger partial charge on any atom is 0.238 e. The van der Waals surface area contributed by atoms with Crippen LogP contribution < -0.4 is 4.74 Å². The maximum atomic E-state index is 5.83. The minimum absolute atomic E-state index is 0.413. The summed E-state index contributed by atoms with van der Waals surface area (Å²) in [6.07, 6.45) is 1.57. The number of hydrogen-bond acceptors (Lipinski definition) is 3. The van der Waals surface area contributed by atoms with E-state index in [4.69, 9.17) is 27.9 Å². The molecule has 0 aliphatic rings. The van der Waals surface area contributed by atoms with Gasteiger partial charge in [-0.2, -0.15) is 5.10 Å². The van der Waals surface area contributed by atoms with Crippen LogP contribution in [0.3, 0.4) is 0 Å². The Bertz CT molecular complexity index is 462. The van der Waals surface area contributed by atoms with Gasteiger partial charge < -0.3 is 4.74 Å². The number of aromatic nitrogens is 2. The van der Waals surface area contributed by atoms with Gasteiger partial charge in [-0.15, -0.1) is 5.10 Å². The molecule has 2 aromatic rings. The van der Waals surface area contributed by atoms with Crippen LogP contribution in [0.1, 0.15) is 0 Å². The highest BCUT2D eigenvalue weighted by molar-refractivity contribution is 6.42. The predicted octanol–water partition coefficient (Wildman–Crippen LogP) is 3.58. The van der Waals surface area contributed by atoms with Gasteiger partial charge in [-0.1, -0.05) is 23.2 Å². The quantitative estimate of drug-likeness (QED) is 0.805. The van der Waals surface area contributed by atoms with Crippen LogP contribution in [0.5, 0.6) is 11.6 Å². The van der Waals surface area contributed by atoms with E-state index in [9.17, 15) is 0 Å². The Morgan fingerprint density at radius 2 is 1.93 bits per heavy atom. The average Bonchev–Trinajstić information content (AvgIpc) is 2.25. The molecule has 0 saturated heterocycles. The zero-order valence-corrected chi connectivity index (χ0v) is 9.03. The van der Waals surface area contributed by atoms with Crippen molar-refractivity contribution in [3.63, 3.8) is 0 Å². The zero-order chi connectivity index (χ0) is 10.7. The molecule has 0 amide bonds. The van der Waals surface area contributed by atoms with Crippen molar-refractivity contribution in [3.05, 3.63) is 46.6 Å². The first-order valence-electron chi connectivity index (χ1n) is 4.16. The second kappa shape index (κ2) is 4.47. The molecule has 0 fully saturated rings. The van der Waals surface area contributed by atoms with Crippen molar-refractivity contribution in [2.75, 3.05) is 0 Å². The summed E-state index contributed by atoms with van der Waals surface area (Å²) in [5, 5.41) is 8.40. The molecule has 0 aliphatic heterocycles. The standard InChI is InChI=1S/C10H6Cl2N2O/c11-8-4-3-7(6-9(8)12)15-10-2-1-5-13-14-10/h1-6H. The topological polar surface area (TPSA) is 35.0 Å². The Morgan fingerprint density at radius 1 is 1.07 bits per heavy atom. The van der Waals surface area contributed by atoms with Crippen LogP contribution in [0, 0.1) is 0 Å². The normalized spacial score (nSPS) is 10.0. The van der Waals surface area contributed by atoms with Gasteiger partial charge in [0.1, 0.15) is 5.75 Å². The number of rotatable bonds is 2.